The van der Waals surface area contributed by atoms with Gasteiger partial charge in [0.15, 0.2) is 11.5 Å². The van der Waals surface area contributed by atoms with E-state index in [9.17, 15) is 4.79 Å². The molecule has 5 heteroatoms. The number of unbranched alkanes of at least 4 members (excludes halogenated alkanes) is 9. The van der Waals surface area contributed by atoms with Crippen LogP contribution >= 0.6 is 0 Å². The van der Waals surface area contributed by atoms with Gasteiger partial charge in [0.25, 0.3) is 0 Å². The van der Waals surface area contributed by atoms with Crippen molar-refractivity contribution >= 4 is 5.91 Å². The number of benzene rings is 1. The van der Waals surface area contributed by atoms with Crippen LogP contribution < -0.4 is 20.5 Å². The fraction of sp³-hybridized carbons (Fsp3) is 0.654. The second kappa shape index (κ2) is 18.7. The highest BCUT2D eigenvalue weighted by molar-refractivity contribution is 5.75. The lowest BCUT2D eigenvalue weighted by Gasteiger charge is -2.12. The molecule has 1 rings (SSSR count). The van der Waals surface area contributed by atoms with Crippen molar-refractivity contribution in [2.45, 2.75) is 90.5 Å². The number of hydrogen-bond donors (Lipinski definition) is 2. The van der Waals surface area contributed by atoms with Crippen LogP contribution in [0.4, 0.5) is 0 Å². The van der Waals surface area contributed by atoms with Gasteiger partial charge >= 0.3 is 0 Å². The van der Waals surface area contributed by atoms with Gasteiger partial charge in [-0.15, -0.1) is 0 Å². The van der Waals surface area contributed by atoms with E-state index in [1.807, 2.05) is 18.2 Å². The minimum atomic E-state index is 0.105. The number of allylic oxidation sites excluding steroid dienone is 2. The van der Waals surface area contributed by atoms with Crippen LogP contribution in [0.1, 0.15) is 89.5 Å². The maximum absolute atomic E-state index is 12.1. The number of carbonyl (C=O) groups is 1. The first kappa shape index (κ1) is 27.0. The fourth-order valence-electron chi connectivity index (χ4n) is 3.40. The summed E-state index contributed by atoms with van der Waals surface area (Å²) in [5.41, 5.74) is 6.46. The summed E-state index contributed by atoms with van der Waals surface area (Å²) in [6.45, 7) is 3.65. The highest BCUT2D eigenvalue weighted by atomic mass is 16.5. The molecular weight excluding hydrogens is 388 g/mol. The first-order valence-corrected chi connectivity index (χ1v) is 12.1. The Morgan fingerprint density at radius 3 is 2.32 bits per heavy atom. The van der Waals surface area contributed by atoms with Gasteiger partial charge in [0.2, 0.25) is 5.91 Å². The van der Waals surface area contributed by atoms with Crippen LogP contribution in [-0.2, 0) is 11.3 Å². The molecule has 0 saturated carbocycles. The predicted molar refractivity (Wildman–Crippen MR) is 130 cm³/mol. The SMILES string of the molecule is CCCCCCC=CCCCCCCCC(=O)NCc1ccc(OCCN)c(OC)c1. The zero-order chi connectivity index (χ0) is 22.6. The van der Waals surface area contributed by atoms with E-state index in [0.29, 0.717) is 37.6 Å². The molecule has 31 heavy (non-hydrogen) atoms. The molecule has 1 aromatic carbocycles. The minimum absolute atomic E-state index is 0.105. The van der Waals surface area contributed by atoms with Crippen molar-refractivity contribution in [3.8, 4) is 11.5 Å². The fourth-order valence-corrected chi connectivity index (χ4v) is 3.40. The number of methoxy groups -OCH3 is 1. The number of nitrogens with two attached hydrogens (primary N) is 1. The molecule has 0 atom stereocenters. The molecule has 1 amide bonds. The molecule has 0 unspecified atom stereocenters. The molecule has 0 fully saturated rings. The Kier molecular flexibility index (Phi) is 16.3. The molecule has 176 valence electrons. The average Bonchev–Trinajstić information content (AvgIpc) is 2.79. The van der Waals surface area contributed by atoms with Gasteiger partial charge in [0.1, 0.15) is 6.61 Å². The van der Waals surface area contributed by atoms with Gasteiger partial charge in [-0.2, -0.15) is 0 Å². The van der Waals surface area contributed by atoms with Crippen LogP contribution in [0.3, 0.4) is 0 Å². The summed E-state index contributed by atoms with van der Waals surface area (Å²) in [4.78, 5) is 12.1. The van der Waals surface area contributed by atoms with E-state index in [1.165, 1.54) is 57.8 Å². The molecule has 0 radical (unpaired) electrons. The minimum Gasteiger partial charge on any atom is -0.493 e. The molecule has 0 aromatic heterocycles. The maximum atomic E-state index is 12.1. The Hall–Kier alpha value is -2.01. The molecule has 0 aliphatic rings. The van der Waals surface area contributed by atoms with Gasteiger partial charge in [-0.1, -0.05) is 63.7 Å². The van der Waals surface area contributed by atoms with Gasteiger partial charge in [-0.3, -0.25) is 4.79 Å². The smallest absolute Gasteiger partial charge is 0.220 e. The lowest BCUT2D eigenvalue weighted by molar-refractivity contribution is -0.121. The highest BCUT2D eigenvalue weighted by Gasteiger charge is 2.07. The number of ether oxygens (including phenoxy) is 2. The first-order valence-electron chi connectivity index (χ1n) is 12.1. The predicted octanol–water partition coefficient (Wildman–Crippen LogP) is 5.91. The van der Waals surface area contributed by atoms with Crippen LogP contribution in [0.2, 0.25) is 0 Å². The van der Waals surface area contributed by atoms with E-state index in [0.717, 1.165) is 18.4 Å². The van der Waals surface area contributed by atoms with Crippen molar-refractivity contribution in [1.29, 1.82) is 0 Å². The van der Waals surface area contributed by atoms with E-state index >= 15 is 0 Å². The highest BCUT2D eigenvalue weighted by Crippen LogP contribution is 2.27. The van der Waals surface area contributed by atoms with Crippen LogP contribution in [-0.4, -0.2) is 26.2 Å². The topological polar surface area (TPSA) is 73.6 Å². The maximum Gasteiger partial charge on any atom is 0.220 e. The number of hydrogen-bond acceptors (Lipinski definition) is 4. The second-order valence-electron chi connectivity index (χ2n) is 8.03. The molecule has 0 aliphatic heterocycles. The largest absolute Gasteiger partial charge is 0.493 e. The van der Waals surface area contributed by atoms with Crippen molar-refractivity contribution in [2.75, 3.05) is 20.3 Å². The van der Waals surface area contributed by atoms with Crippen molar-refractivity contribution < 1.29 is 14.3 Å². The summed E-state index contributed by atoms with van der Waals surface area (Å²) in [6, 6.07) is 5.69. The lowest BCUT2D eigenvalue weighted by atomic mass is 10.1. The van der Waals surface area contributed by atoms with Crippen LogP contribution in [0.5, 0.6) is 11.5 Å². The molecule has 0 heterocycles. The summed E-state index contributed by atoms with van der Waals surface area (Å²) in [5, 5.41) is 2.99. The van der Waals surface area contributed by atoms with Gasteiger partial charge in [0, 0.05) is 19.5 Å². The van der Waals surface area contributed by atoms with Crippen LogP contribution in [0.15, 0.2) is 30.4 Å². The Morgan fingerprint density at radius 1 is 0.968 bits per heavy atom. The third-order valence-corrected chi connectivity index (χ3v) is 5.26. The summed E-state index contributed by atoms with van der Waals surface area (Å²) in [7, 11) is 1.61. The van der Waals surface area contributed by atoms with Crippen LogP contribution in [0.25, 0.3) is 0 Å². The van der Waals surface area contributed by atoms with E-state index in [1.54, 1.807) is 7.11 Å². The monoisotopic (exact) mass is 432 g/mol. The van der Waals surface area contributed by atoms with Gasteiger partial charge in [-0.25, -0.2) is 0 Å². The van der Waals surface area contributed by atoms with Crippen molar-refractivity contribution in [2.24, 2.45) is 5.73 Å². The second-order valence-corrected chi connectivity index (χ2v) is 8.03. The third-order valence-electron chi connectivity index (χ3n) is 5.26. The molecule has 0 spiro atoms. The molecule has 0 bridgehead atoms. The van der Waals surface area contributed by atoms with E-state index < -0.39 is 0 Å². The van der Waals surface area contributed by atoms with Gasteiger partial charge in [-0.05, 0) is 49.8 Å². The zero-order valence-electron chi connectivity index (χ0n) is 19.8. The summed E-state index contributed by atoms with van der Waals surface area (Å²) < 4.78 is 10.9. The number of rotatable bonds is 19. The Morgan fingerprint density at radius 2 is 1.65 bits per heavy atom. The van der Waals surface area contributed by atoms with Gasteiger partial charge in [0.05, 0.1) is 7.11 Å². The van der Waals surface area contributed by atoms with E-state index in [2.05, 4.69) is 24.4 Å². The standard InChI is InChI=1S/C26H44N2O3/c1-3-4-5-6-7-8-9-10-11-12-13-14-15-16-26(29)28-22-23-17-18-24(31-20-19-27)25(21-23)30-2/h8-9,17-18,21H,3-7,10-16,19-20,22,27H2,1-2H3,(H,28,29). The molecular formula is C26H44N2O3. The summed E-state index contributed by atoms with van der Waals surface area (Å²) in [6.07, 6.45) is 18.8. The lowest BCUT2D eigenvalue weighted by Crippen LogP contribution is -2.22. The number of carbonyl (C=O) groups excluding carboxylic acids is 1. The van der Waals surface area contributed by atoms with E-state index in [-0.39, 0.29) is 5.91 Å². The Balaban J connectivity index is 2.06. The third kappa shape index (κ3) is 13.8. The molecule has 0 saturated heterocycles. The molecule has 3 N–H and O–H groups in total. The quantitative estimate of drug-likeness (QED) is 0.211. The number of amides is 1. The average molecular weight is 433 g/mol. The Labute approximate surface area is 189 Å². The van der Waals surface area contributed by atoms with Crippen LogP contribution in [0, 0.1) is 0 Å². The van der Waals surface area contributed by atoms with E-state index in [4.69, 9.17) is 15.2 Å². The summed E-state index contributed by atoms with van der Waals surface area (Å²) in [5.74, 6) is 1.44. The molecule has 1 aromatic rings. The number of nitrogens with one attached hydrogen (secondary N) is 1. The normalized spacial score (nSPS) is 11.1. The van der Waals surface area contributed by atoms with Gasteiger partial charge < -0.3 is 20.5 Å². The molecule has 5 nitrogen and oxygen atoms in total. The summed E-state index contributed by atoms with van der Waals surface area (Å²) >= 11 is 0. The first-order chi connectivity index (χ1) is 15.2. The zero-order valence-corrected chi connectivity index (χ0v) is 19.8. The van der Waals surface area contributed by atoms with Crippen molar-refractivity contribution in [1.82, 2.24) is 5.32 Å². The Bertz CT molecular complexity index is 617. The van der Waals surface area contributed by atoms with Crippen molar-refractivity contribution in [3.05, 3.63) is 35.9 Å². The van der Waals surface area contributed by atoms with Crippen molar-refractivity contribution in [3.63, 3.8) is 0 Å². The molecule has 0 aliphatic carbocycles.